The summed E-state index contributed by atoms with van der Waals surface area (Å²) in [5.74, 6) is -2.34. The fourth-order valence-electron chi connectivity index (χ4n) is 2.30. The molecule has 1 heterocycles. The number of hydrogen-bond acceptors (Lipinski definition) is 2. The van der Waals surface area contributed by atoms with Gasteiger partial charge in [0.1, 0.15) is 22.1 Å². The minimum Gasteiger partial charge on any atom is -0.285 e. The topological polar surface area (TPSA) is 41.6 Å². The third-order valence-electron chi connectivity index (χ3n) is 3.27. The van der Waals surface area contributed by atoms with Gasteiger partial charge in [0.05, 0.1) is 28.6 Å². The van der Waals surface area contributed by atoms with Crippen LogP contribution in [0.25, 0.3) is 16.9 Å². The molecule has 0 saturated carbocycles. The van der Waals surface area contributed by atoms with E-state index in [-0.39, 0.29) is 26.2 Å². The first-order chi connectivity index (χ1) is 11.4. The van der Waals surface area contributed by atoms with Crippen LogP contribution in [0, 0.1) is 28.8 Å². The van der Waals surface area contributed by atoms with E-state index in [1.807, 2.05) is 0 Å². The van der Waals surface area contributed by atoms with Gasteiger partial charge in [-0.15, -0.1) is 0 Å². The van der Waals surface area contributed by atoms with Gasteiger partial charge in [-0.25, -0.2) is 18.2 Å². The molecule has 0 bridgehead atoms. The number of nitriles is 1. The maximum absolute atomic E-state index is 14.4. The monoisotopic (exact) mass is 455 g/mol. The molecular formula is C16H6Br2F3N3. The van der Waals surface area contributed by atoms with Gasteiger partial charge in [-0.1, -0.05) is 6.07 Å². The first-order valence-electron chi connectivity index (χ1n) is 6.51. The average Bonchev–Trinajstić information content (AvgIpc) is 2.81. The van der Waals surface area contributed by atoms with Gasteiger partial charge in [0.2, 0.25) is 0 Å². The molecule has 0 atom stereocenters. The number of imidazole rings is 1. The lowest BCUT2D eigenvalue weighted by atomic mass is 10.1. The zero-order valence-electron chi connectivity index (χ0n) is 11.7. The zero-order chi connectivity index (χ0) is 17.4. The summed E-state index contributed by atoms with van der Waals surface area (Å²) in [6.07, 6.45) is 0. The van der Waals surface area contributed by atoms with E-state index in [0.29, 0.717) is 5.69 Å². The summed E-state index contributed by atoms with van der Waals surface area (Å²) in [7, 11) is 0. The Labute approximate surface area is 151 Å². The fourth-order valence-corrected chi connectivity index (χ4v) is 3.64. The highest BCUT2D eigenvalue weighted by Crippen LogP contribution is 2.37. The van der Waals surface area contributed by atoms with Crippen LogP contribution in [0.2, 0.25) is 0 Å². The molecule has 0 aliphatic heterocycles. The van der Waals surface area contributed by atoms with Crippen LogP contribution in [0.3, 0.4) is 0 Å². The SMILES string of the molecule is N#Cc1cc(F)c(-c2c(Br)nc(Br)n2-c2cccc(F)c2)c(F)c1. The van der Waals surface area contributed by atoms with E-state index in [1.54, 1.807) is 12.1 Å². The van der Waals surface area contributed by atoms with Gasteiger partial charge in [-0.2, -0.15) is 5.26 Å². The van der Waals surface area contributed by atoms with E-state index < -0.39 is 17.5 Å². The zero-order valence-corrected chi connectivity index (χ0v) is 14.9. The van der Waals surface area contributed by atoms with Crippen LogP contribution in [-0.2, 0) is 0 Å². The molecule has 0 spiro atoms. The minimum atomic E-state index is -0.919. The van der Waals surface area contributed by atoms with Crippen LogP contribution in [0.15, 0.2) is 45.7 Å². The summed E-state index contributed by atoms with van der Waals surface area (Å²) in [5.41, 5.74) is -0.116. The second-order valence-electron chi connectivity index (χ2n) is 4.76. The van der Waals surface area contributed by atoms with Gasteiger partial charge < -0.3 is 0 Å². The van der Waals surface area contributed by atoms with Crippen molar-refractivity contribution in [3.05, 3.63) is 68.8 Å². The van der Waals surface area contributed by atoms with E-state index in [9.17, 15) is 13.2 Å². The van der Waals surface area contributed by atoms with Crippen molar-refractivity contribution in [1.82, 2.24) is 9.55 Å². The van der Waals surface area contributed by atoms with Crippen LogP contribution < -0.4 is 0 Å². The highest BCUT2D eigenvalue weighted by molar-refractivity contribution is 9.11. The van der Waals surface area contributed by atoms with Crippen LogP contribution in [0.4, 0.5) is 13.2 Å². The van der Waals surface area contributed by atoms with Crippen molar-refractivity contribution >= 4 is 31.9 Å². The van der Waals surface area contributed by atoms with Gasteiger partial charge in [-0.05, 0) is 62.2 Å². The Morgan fingerprint density at radius 3 is 2.29 bits per heavy atom. The molecule has 2 aromatic carbocycles. The van der Waals surface area contributed by atoms with E-state index in [1.165, 1.54) is 22.8 Å². The Kier molecular flexibility index (Phi) is 4.47. The molecule has 0 fully saturated rings. The molecule has 0 radical (unpaired) electrons. The third kappa shape index (κ3) is 2.85. The second-order valence-corrected chi connectivity index (χ2v) is 6.22. The summed E-state index contributed by atoms with van der Waals surface area (Å²) >= 11 is 6.38. The molecule has 0 N–H and O–H groups in total. The highest BCUT2D eigenvalue weighted by Gasteiger charge is 2.24. The second kappa shape index (κ2) is 6.42. The number of halogens is 5. The molecule has 3 nitrogen and oxygen atoms in total. The van der Waals surface area contributed by atoms with E-state index in [4.69, 9.17) is 5.26 Å². The van der Waals surface area contributed by atoms with E-state index >= 15 is 0 Å². The Balaban J connectivity index is 2.34. The summed E-state index contributed by atoms with van der Waals surface area (Å²) in [6.45, 7) is 0. The van der Waals surface area contributed by atoms with Gasteiger partial charge in [-0.3, -0.25) is 4.57 Å². The normalized spacial score (nSPS) is 10.7. The van der Waals surface area contributed by atoms with Gasteiger partial charge in [0.25, 0.3) is 0 Å². The summed E-state index contributed by atoms with van der Waals surface area (Å²) in [6, 6.07) is 9.07. The largest absolute Gasteiger partial charge is 0.285 e. The summed E-state index contributed by atoms with van der Waals surface area (Å²) < 4.78 is 44.1. The molecule has 0 aliphatic carbocycles. The molecular weight excluding hydrogens is 451 g/mol. The standard InChI is InChI=1S/C16H6Br2F3N3/c17-15-14(13-11(20)4-8(7-22)5-12(13)21)24(16(18)23-15)10-3-1-2-9(19)6-10/h1-6H. The molecule has 3 rings (SSSR count). The van der Waals surface area contributed by atoms with Crippen molar-refractivity contribution in [2.75, 3.05) is 0 Å². The molecule has 0 saturated heterocycles. The van der Waals surface area contributed by atoms with Crippen LogP contribution in [0.5, 0.6) is 0 Å². The predicted octanol–water partition coefficient (Wildman–Crippen LogP) is 5.35. The van der Waals surface area contributed by atoms with Crippen molar-refractivity contribution in [2.24, 2.45) is 0 Å². The molecule has 0 unspecified atom stereocenters. The summed E-state index contributed by atoms with van der Waals surface area (Å²) in [4.78, 5) is 4.09. The Bertz CT molecular complexity index is 970. The maximum Gasteiger partial charge on any atom is 0.183 e. The number of benzene rings is 2. The first-order valence-corrected chi connectivity index (χ1v) is 8.10. The maximum atomic E-state index is 14.4. The molecule has 8 heteroatoms. The van der Waals surface area contributed by atoms with Gasteiger partial charge >= 0.3 is 0 Å². The first kappa shape index (κ1) is 16.7. The Morgan fingerprint density at radius 1 is 1.04 bits per heavy atom. The van der Waals surface area contributed by atoms with Gasteiger partial charge in [0, 0.05) is 0 Å². The molecule has 24 heavy (non-hydrogen) atoms. The van der Waals surface area contributed by atoms with Crippen LogP contribution in [0.1, 0.15) is 5.56 Å². The number of nitrogens with zero attached hydrogens (tertiary/aromatic N) is 3. The van der Waals surface area contributed by atoms with Crippen molar-refractivity contribution in [3.8, 4) is 23.0 Å². The molecule has 0 aliphatic rings. The lowest BCUT2D eigenvalue weighted by Gasteiger charge is -2.12. The third-order valence-corrected chi connectivity index (χ3v) is 4.35. The highest BCUT2D eigenvalue weighted by atomic mass is 79.9. The fraction of sp³-hybridized carbons (Fsp3) is 0. The van der Waals surface area contributed by atoms with Crippen LogP contribution in [-0.4, -0.2) is 9.55 Å². The molecule has 120 valence electrons. The number of hydrogen-bond donors (Lipinski definition) is 0. The van der Waals surface area contributed by atoms with E-state index in [0.717, 1.165) is 12.1 Å². The van der Waals surface area contributed by atoms with Crippen molar-refractivity contribution < 1.29 is 13.2 Å². The van der Waals surface area contributed by atoms with Crippen molar-refractivity contribution in [3.63, 3.8) is 0 Å². The smallest absolute Gasteiger partial charge is 0.183 e. The van der Waals surface area contributed by atoms with Crippen molar-refractivity contribution in [2.45, 2.75) is 0 Å². The molecule has 0 amide bonds. The number of rotatable bonds is 2. The van der Waals surface area contributed by atoms with E-state index in [2.05, 4.69) is 36.8 Å². The Hall–Kier alpha value is -2.11. The van der Waals surface area contributed by atoms with Crippen LogP contribution >= 0.6 is 31.9 Å². The predicted molar refractivity (Wildman–Crippen MR) is 89.0 cm³/mol. The quantitative estimate of drug-likeness (QED) is 0.521. The Morgan fingerprint density at radius 2 is 1.71 bits per heavy atom. The lowest BCUT2D eigenvalue weighted by molar-refractivity contribution is 0.587. The average molecular weight is 457 g/mol. The van der Waals surface area contributed by atoms with Gasteiger partial charge in [0.15, 0.2) is 4.73 Å². The summed E-state index contributed by atoms with van der Waals surface area (Å²) in [5, 5.41) is 8.81. The number of aromatic nitrogens is 2. The molecule has 1 aromatic heterocycles. The lowest BCUT2D eigenvalue weighted by Crippen LogP contribution is -2.02. The minimum absolute atomic E-state index is 0.0620. The van der Waals surface area contributed by atoms with Crippen molar-refractivity contribution in [1.29, 1.82) is 5.26 Å². The molecule has 3 aromatic rings.